The molecule has 1 atom stereocenters. The highest BCUT2D eigenvalue weighted by molar-refractivity contribution is 7.89. The molecule has 2 aromatic carbocycles. The Morgan fingerprint density at radius 2 is 1.83 bits per heavy atom. The third-order valence-corrected chi connectivity index (χ3v) is 6.73. The summed E-state index contributed by atoms with van der Waals surface area (Å²) >= 11 is 6.09. The second kappa shape index (κ2) is 6.84. The SMILES string of the molecule is Cc1ccc(C2CN(S(=O)(=O)c3cccc(Cl)c3C)CCO2)cc1. The maximum absolute atomic E-state index is 13.0. The molecular formula is C18H20ClNO3S. The average molecular weight is 366 g/mol. The summed E-state index contributed by atoms with van der Waals surface area (Å²) in [7, 11) is -3.60. The van der Waals surface area contributed by atoms with Crippen molar-refractivity contribution < 1.29 is 13.2 Å². The molecule has 6 heteroatoms. The highest BCUT2D eigenvalue weighted by atomic mass is 35.5. The van der Waals surface area contributed by atoms with Crippen LogP contribution in [0.3, 0.4) is 0 Å². The number of benzene rings is 2. The van der Waals surface area contributed by atoms with Gasteiger partial charge in [0.05, 0.1) is 17.6 Å². The summed E-state index contributed by atoms with van der Waals surface area (Å²) in [6.45, 7) is 4.77. The summed E-state index contributed by atoms with van der Waals surface area (Å²) in [6, 6.07) is 13.0. The van der Waals surface area contributed by atoms with Crippen LogP contribution in [-0.4, -0.2) is 32.4 Å². The summed E-state index contributed by atoms with van der Waals surface area (Å²) in [6.07, 6.45) is -0.256. The van der Waals surface area contributed by atoms with Gasteiger partial charge in [-0.15, -0.1) is 0 Å². The second-order valence-electron chi connectivity index (χ2n) is 6.00. The summed E-state index contributed by atoms with van der Waals surface area (Å²) in [5.74, 6) is 0. The molecule has 4 nitrogen and oxygen atoms in total. The Labute approximate surface area is 148 Å². The molecule has 0 spiro atoms. The number of rotatable bonds is 3. The molecule has 2 aromatic rings. The Bertz CT molecular complexity index is 834. The Kier molecular flexibility index (Phi) is 4.97. The zero-order chi connectivity index (χ0) is 17.3. The molecule has 0 amide bonds. The first kappa shape index (κ1) is 17.4. The lowest BCUT2D eigenvalue weighted by Gasteiger charge is -2.32. The predicted molar refractivity (Wildman–Crippen MR) is 94.8 cm³/mol. The number of sulfonamides is 1. The lowest BCUT2D eigenvalue weighted by atomic mass is 10.1. The Morgan fingerprint density at radius 1 is 1.12 bits per heavy atom. The van der Waals surface area contributed by atoms with E-state index < -0.39 is 10.0 Å². The van der Waals surface area contributed by atoms with Crippen LogP contribution in [0.25, 0.3) is 0 Å². The van der Waals surface area contributed by atoms with Gasteiger partial charge in [-0.3, -0.25) is 0 Å². The van der Waals surface area contributed by atoms with E-state index in [0.717, 1.165) is 11.1 Å². The van der Waals surface area contributed by atoms with Crippen molar-refractivity contribution in [2.75, 3.05) is 19.7 Å². The van der Waals surface area contributed by atoms with Gasteiger partial charge in [-0.25, -0.2) is 8.42 Å². The highest BCUT2D eigenvalue weighted by Gasteiger charge is 2.32. The van der Waals surface area contributed by atoms with Crippen molar-refractivity contribution in [2.24, 2.45) is 0 Å². The zero-order valence-electron chi connectivity index (χ0n) is 13.7. The molecule has 1 aliphatic heterocycles. The van der Waals surface area contributed by atoms with Crippen molar-refractivity contribution in [1.29, 1.82) is 0 Å². The lowest BCUT2D eigenvalue weighted by Crippen LogP contribution is -2.42. The van der Waals surface area contributed by atoms with Crippen LogP contribution >= 0.6 is 11.6 Å². The van der Waals surface area contributed by atoms with Gasteiger partial charge < -0.3 is 4.74 Å². The lowest BCUT2D eigenvalue weighted by molar-refractivity contribution is -0.00257. The minimum absolute atomic E-state index is 0.256. The number of aryl methyl sites for hydroxylation is 1. The Balaban J connectivity index is 1.88. The maximum atomic E-state index is 13.0. The van der Waals surface area contributed by atoms with E-state index >= 15 is 0 Å². The summed E-state index contributed by atoms with van der Waals surface area (Å²) in [5.41, 5.74) is 2.73. The van der Waals surface area contributed by atoms with E-state index in [-0.39, 0.29) is 11.0 Å². The van der Waals surface area contributed by atoms with Crippen molar-refractivity contribution in [3.63, 3.8) is 0 Å². The van der Waals surface area contributed by atoms with Gasteiger partial charge in [-0.2, -0.15) is 4.31 Å². The van der Waals surface area contributed by atoms with Gasteiger partial charge >= 0.3 is 0 Å². The summed E-state index contributed by atoms with van der Waals surface area (Å²) < 4.78 is 33.3. The molecule has 0 N–H and O–H groups in total. The first-order chi connectivity index (χ1) is 11.4. The van der Waals surface area contributed by atoms with Crippen molar-refractivity contribution >= 4 is 21.6 Å². The van der Waals surface area contributed by atoms with E-state index in [1.54, 1.807) is 25.1 Å². The first-order valence-corrected chi connectivity index (χ1v) is 9.65. The molecule has 3 rings (SSSR count). The number of hydrogen-bond acceptors (Lipinski definition) is 3. The van der Waals surface area contributed by atoms with Gasteiger partial charge in [0.25, 0.3) is 0 Å². The second-order valence-corrected chi connectivity index (χ2v) is 8.31. The summed E-state index contributed by atoms with van der Waals surface area (Å²) in [4.78, 5) is 0.263. The third-order valence-electron chi connectivity index (χ3n) is 4.31. The molecule has 0 saturated carbocycles. The van der Waals surface area contributed by atoms with Gasteiger partial charge in [-0.05, 0) is 37.1 Å². The fraction of sp³-hybridized carbons (Fsp3) is 0.333. The molecule has 0 aromatic heterocycles. The molecule has 1 aliphatic rings. The first-order valence-electron chi connectivity index (χ1n) is 7.83. The quantitative estimate of drug-likeness (QED) is 0.832. The standard InChI is InChI=1S/C18H20ClNO3S/c1-13-6-8-15(9-7-13)17-12-20(10-11-23-17)24(21,22)18-5-3-4-16(19)14(18)2/h3-9,17H,10-12H2,1-2H3. The molecule has 1 unspecified atom stereocenters. The van der Waals surface area contributed by atoms with Crippen molar-refractivity contribution in [3.05, 3.63) is 64.2 Å². The van der Waals surface area contributed by atoms with E-state index in [0.29, 0.717) is 30.3 Å². The van der Waals surface area contributed by atoms with E-state index in [1.807, 2.05) is 31.2 Å². The molecular weight excluding hydrogens is 346 g/mol. The molecule has 0 aliphatic carbocycles. The van der Waals surface area contributed by atoms with Gasteiger partial charge in [0.1, 0.15) is 0 Å². The third kappa shape index (κ3) is 3.35. The van der Waals surface area contributed by atoms with Crippen LogP contribution in [0.5, 0.6) is 0 Å². The molecule has 0 bridgehead atoms. The number of nitrogens with zero attached hydrogens (tertiary/aromatic N) is 1. The Hall–Kier alpha value is -1.40. The smallest absolute Gasteiger partial charge is 0.243 e. The van der Waals surface area contributed by atoms with Crippen LogP contribution < -0.4 is 0 Å². The van der Waals surface area contributed by atoms with E-state index in [1.165, 1.54) is 4.31 Å². The monoisotopic (exact) mass is 365 g/mol. The van der Waals surface area contributed by atoms with Crippen LogP contribution in [0.1, 0.15) is 22.8 Å². The Morgan fingerprint density at radius 3 is 2.54 bits per heavy atom. The van der Waals surface area contributed by atoms with Crippen LogP contribution in [0.15, 0.2) is 47.4 Å². The molecule has 1 fully saturated rings. The van der Waals surface area contributed by atoms with Crippen molar-refractivity contribution in [2.45, 2.75) is 24.8 Å². The molecule has 24 heavy (non-hydrogen) atoms. The van der Waals surface area contributed by atoms with Crippen LogP contribution in [-0.2, 0) is 14.8 Å². The van der Waals surface area contributed by atoms with Crippen molar-refractivity contribution in [3.8, 4) is 0 Å². The van der Waals surface area contributed by atoms with Crippen LogP contribution in [0, 0.1) is 13.8 Å². The largest absolute Gasteiger partial charge is 0.371 e. The number of halogens is 1. The fourth-order valence-electron chi connectivity index (χ4n) is 2.83. The highest BCUT2D eigenvalue weighted by Crippen LogP contribution is 2.30. The molecule has 1 heterocycles. The molecule has 128 valence electrons. The summed E-state index contributed by atoms with van der Waals surface area (Å²) in [5, 5.41) is 0.458. The minimum atomic E-state index is -3.60. The number of ether oxygens (including phenoxy) is 1. The predicted octanol–water partition coefficient (Wildman–Crippen LogP) is 3.72. The van der Waals surface area contributed by atoms with Gasteiger partial charge in [0.2, 0.25) is 10.0 Å². The van der Waals surface area contributed by atoms with Crippen LogP contribution in [0.2, 0.25) is 5.02 Å². The maximum Gasteiger partial charge on any atom is 0.243 e. The van der Waals surface area contributed by atoms with Crippen LogP contribution in [0.4, 0.5) is 0 Å². The van der Waals surface area contributed by atoms with E-state index in [9.17, 15) is 8.42 Å². The van der Waals surface area contributed by atoms with Gasteiger partial charge in [-0.1, -0.05) is 47.5 Å². The number of hydrogen-bond donors (Lipinski definition) is 0. The molecule has 1 saturated heterocycles. The minimum Gasteiger partial charge on any atom is -0.371 e. The van der Waals surface area contributed by atoms with E-state index in [2.05, 4.69) is 0 Å². The average Bonchev–Trinajstić information content (AvgIpc) is 2.58. The van der Waals surface area contributed by atoms with E-state index in [4.69, 9.17) is 16.3 Å². The topological polar surface area (TPSA) is 46.6 Å². The fourth-order valence-corrected chi connectivity index (χ4v) is 4.74. The van der Waals surface area contributed by atoms with Gasteiger partial charge in [0, 0.05) is 18.1 Å². The van der Waals surface area contributed by atoms with Crippen molar-refractivity contribution in [1.82, 2.24) is 4.31 Å². The zero-order valence-corrected chi connectivity index (χ0v) is 15.3. The van der Waals surface area contributed by atoms with Gasteiger partial charge in [0.15, 0.2) is 0 Å². The number of morpholine rings is 1. The normalized spacial score (nSPS) is 19.4. The molecule has 0 radical (unpaired) electrons.